The summed E-state index contributed by atoms with van der Waals surface area (Å²) < 4.78 is 0. The SMILES string of the molecule is CC(C)(C)c1ccc(N2c3ccc(C(C)(C)C)cc3B3c4cc(C(C)(C)C)ccc4N(c4ccc(C(C)(C)C)cc4)c4cc(N(c5ccccc5)c5ccccc5-c5ccccc5)cc2c43)cc1. The molecule has 0 spiro atoms. The molecular formula is C64H66BN3. The maximum atomic E-state index is 2.57. The first-order valence-electron chi connectivity index (χ1n) is 24.6. The largest absolute Gasteiger partial charge is 0.311 e. The zero-order chi connectivity index (χ0) is 47.9. The Morgan fingerprint density at radius 2 is 0.750 bits per heavy atom. The first-order valence-corrected chi connectivity index (χ1v) is 24.6. The Kier molecular flexibility index (Phi) is 10.9. The van der Waals surface area contributed by atoms with Crippen molar-refractivity contribution in [1.29, 1.82) is 0 Å². The van der Waals surface area contributed by atoms with Crippen LogP contribution in [0.2, 0.25) is 0 Å². The van der Waals surface area contributed by atoms with Gasteiger partial charge in [-0.15, -0.1) is 0 Å². The summed E-state index contributed by atoms with van der Waals surface area (Å²) in [5, 5.41) is 0. The summed E-state index contributed by atoms with van der Waals surface area (Å²) in [5.74, 6) is 0. The average Bonchev–Trinajstić information content (AvgIpc) is 3.31. The van der Waals surface area contributed by atoms with Crippen LogP contribution in [-0.2, 0) is 21.7 Å². The number of hydrogen-bond donors (Lipinski definition) is 0. The summed E-state index contributed by atoms with van der Waals surface area (Å²) in [6, 6.07) is 68.9. The summed E-state index contributed by atoms with van der Waals surface area (Å²) >= 11 is 0. The molecule has 0 bridgehead atoms. The Morgan fingerprint density at radius 1 is 0.353 bits per heavy atom. The van der Waals surface area contributed by atoms with Crippen molar-refractivity contribution in [3.05, 3.63) is 204 Å². The van der Waals surface area contributed by atoms with Gasteiger partial charge in [-0.1, -0.05) is 198 Å². The molecule has 2 heterocycles. The van der Waals surface area contributed by atoms with Gasteiger partial charge in [-0.2, -0.15) is 0 Å². The van der Waals surface area contributed by atoms with Gasteiger partial charge in [-0.05, 0) is 133 Å². The second-order valence-corrected chi connectivity index (χ2v) is 23.2. The van der Waals surface area contributed by atoms with Gasteiger partial charge >= 0.3 is 0 Å². The molecule has 8 aromatic rings. The number of benzene rings is 8. The maximum Gasteiger partial charge on any atom is 0.252 e. The van der Waals surface area contributed by atoms with Gasteiger partial charge in [0.1, 0.15) is 0 Å². The minimum Gasteiger partial charge on any atom is -0.311 e. The van der Waals surface area contributed by atoms with Gasteiger partial charge in [0.2, 0.25) is 0 Å². The molecular weight excluding hydrogens is 822 g/mol. The van der Waals surface area contributed by atoms with Crippen LogP contribution < -0.4 is 31.1 Å². The molecule has 0 saturated carbocycles. The van der Waals surface area contributed by atoms with E-state index in [2.05, 4.69) is 280 Å². The van der Waals surface area contributed by atoms with Crippen LogP contribution in [0, 0.1) is 0 Å². The van der Waals surface area contributed by atoms with E-state index in [0.717, 1.165) is 28.4 Å². The predicted octanol–water partition coefficient (Wildman–Crippen LogP) is 16.1. The van der Waals surface area contributed by atoms with Crippen LogP contribution in [0.5, 0.6) is 0 Å². The summed E-state index contributed by atoms with van der Waals surface area (Å²) in [4.78, 5) is 7.62. The summed E-state index contributed by atoms with van der Waals surface area (Å²) in [6.07, 6.45) is 0. The topological polar surface area (TPSA) is 9.72 Å². The number of rotatable bonds is 6. The Labute approximate surface area is 407 Å². The van der Waals surface area contributed by atoms with E-state index in [1.165, 1.54) is 72.5 Å². The number of anilines is 9. The highest BCUT2D eigenvalue weighted by atomic mass is 15.2. The van der Waals surface area contributed by atoms with Crippen molar-refractivity contribution in [3.63, 3.8) is 0 Å². The quantitative estimate of drug-likeness (QED) is 0.154. The van der Waals surface area contributed by atoms with E-state index >= 15 is 0 Å². The lowest BCUT2D eigenvalue weighted by Gasteiger charge is -2.45. The summed E-state index contributed by atoms with van der Waals surface area (Å²) in [7, 11) is 0. The Morgan fingerprint density at radius 3 is 1.19 bits per heavy atom. The summed E-state index contributed by atoms with van der Waals surface area (Å²) in [5.41, 5.74) is 22.0. The zero-order valence-corrected chi connectivity index (χ0v) is 42.2. The van der Waals surface area contributed by atoms with E-state index in [9.17, 15) is 0 Å². The van der Waals surface area contributed by atoms with Crippen molar-refractivity contribution < 1.29 is 0 Å². The first kappa shape index (κ1) is 45.0. The van der Waals surface area contributed by atoms with E-state index < -0.39 is 0 Å². The van der Waals surface area contributed by atoms with E-state index in [1.807, 2.05) is 0 Å². The molecule has 340 valence electrons. The van der Waals surface area contributed by atoms with E-state index in [4.69, 9.17) is 0 Å². The molecule has 0 aliphatic carbocycles. The number of hydrogen-bond acceptors (Lipinski definition) is 3. The molecule has 0 N–H and O–H groups in total. The van der Waals surface area contributed by atoms with Gasteiger partial charge in [-0.25, -0.2) is 0 Å². The third-order valence-electron chi connectivity index (χ3n) is 14.3. The number of para-hydroxylation sites is 2. The molecule has 10 rings (SSSR count). The molecule has 2 aliphatic heterocycles. The smallest absolute Gasteiger partial charge is 0.252 e. The van der Waals surface area contributed by atoms with Crippen LogP contribution in [0.25, 0.3) is 11.1 Å². The molecule has 68 heavy (non-hydrogen) atoms. The molecule has 2 aliphatic rings. The highest BCUT2D eigenvalue weighted by Crippen LogP contribution is 2.50. The van der Waals surface area contributed by atoms with Gasteiger partial charge in [0.25, 0.3) is 6.71 Å². The van der Waals surface area contributed by atoms with Crippen LogP contribution in [0.15, 0.2) is 182 Å². The molecule has 0 fully saturated rings. The molecule has 0 radical (unpaired) electrons. The lowest BCUT2D eigenvalue weighted by Crippen LogP contribution is -2.61. The summed E-state index contributed by atoms with van der Waals surface area (Å²) in [6.45, 7) is 27.8. The van der Waals surface area contributed by atoms with Gasteiger partial charge in [-0.3, -0.25) is 0 Å². The van der Waals surface area contributed by atoms with Crippen molar-refractivity contribution in [3.8, 4) is 11.1 Å². The second kappa shape index (κ2) is 16.5. The third-order valence-corrected chi connectivity index (χ3v) is 14.3. The standard InChI is InChI=1S/C64H66BN3/c1-61(2,3)44-27-33-49(34-28-44)67-56-37-31-46(63(7,8)9)39-53(56)65-54-40-47(64(10,11)12)32-38-57(54)68(50-35-29-45(30-36-50)62(4,5)6)59-42-51(41-58(67)60(59)65)66(48-23-17-14-18-24-48)55-26-20-19-25-52(55)43-21-15-13-16-22-43/h13-42H,1-12H3. The lowest BCUT2D eigenvalue weighted by molar-refractivity contribution is 0.590. The molecule has 0 atom stereocenters. The van der Waals surface area contributed by atoms with Crippen molar-refractivity contribution in [2.24, 2.45) is 0 Å². The van der Waals surface area contributed by atoms with Gasteiger partial charge in [0.15, 0.2) is 0 Å². The molecule has 0 saturated heterocycles. The maximum absolute atomic E-state index is 2.57. The van der Waals surface area contributed by atoms with E-state index in [-0.39, 0.29) is 28.4 Å². The van der Waals surface area contributed by atoms with Crippen molar-refractivity contribution >= 4 is 74.3 Å². The molecule has 4 heteroatoms. The Hall–Kier alpha value is -6.78. The number of nitrogens with zero attached hydrogens (tertiary/aromatic N) is 3. The average molecular weight is 888 g/mol. The van der Waals surface area contributed by atoms with Crippen LogP contribution in [0.1, 0.15) is 105 Å². The van der Waals surface area contributed by atoms with E-state index in [0.29, 0.717) is 0 Å². The van der Waals surface area contributed by atoms with Crippen LogP contribution in [0.3, 0.4) is 0 Å². The van der Waals surface area contributed by atoms with Crippen molar-refractivity contribution in [2.75, 3.05) is 14.7 Å². The highest BCUT2D eigenvalue weighted by molar-refractivity contribution is 7.00. The monoisotopic (exact) mass is 888 g/mol. The van der Waals surface area contributed by atoms with Gasteiger partial charge in [0, 0.05) is 45.4 Å². The Bertz CT molecular complexity index is 2990. The number of fused-ring (bicyclic) bond motifs is 4. The molecule has 8 aromatic carbocycles. The fraction of sp³-hybridized carbons (Fsp3) is 0.250. The van der Waals surface area contributed by atoms with Crippen molar-refractivity contribution in [2.45, 2.75) is 105 Å². The third kappa shape index (κ3) is 8.02. The molecule has 3 nitrogen and oxygen atoms in total. The van der Waals surface area contributed by atoms with E-state index in [1.54, 1.807) is 0 Å². The predicted molar refractivity (Wildman–Crippen MR) is 295 cm³/mol. The van der Waals surface area contributed by atoms with Crippen LogP contribution in [-0.4, -0.2) is 6.71 Å². The minimum atomic E-state index is -0.0465. The zero-order valence-electron chi connectivity index (χ0n) is 42.2. The van der Waals surface area contributed by atoms with Crippen molar-refractivity contribution in [1.82, 2.24) is 0 Å². The molecule has 0 unspecified atom stereocenters. The first-order chi connectivity index (χ1) is 32.3. The normalized spacial score (nSPS) is 13.5. The highest BCUT2D eigenvalue weighted by Gasteiger charge is 2.45. The van der Waals surface area contributed by atoms with Crippen LogP contribution >= 0.6 is 0 Å². The van der Waals surface area contributed by atoms with Gasteiger partial charge < -0.3 is 14.7 Å². The Balaban J connectivity index is 1.35. The second-order valence-electron chi connectivity index (χ2n) is 23.2. The fourth-order valence-corrected chi connectivity index (χ4v) is 10.4. The van der Waals surface area contributed by atoms with Gasteiger partial charge in [0.05, 0.1) is 11.4 Å². The minimum absolute atomic E-state index is 0.0178. The lowest BCUT2D eigenvalue weighted by atomic mass is 9.33. The van der Waals surface area contributed by atoms with Crippen LogP contribution in [0.4, 0.5) is 51.2 Å². The molecule has 0 aromatic heterocycles. The molecule has 0 amide bonds. The fourth-order valence-electron chi connectivity index (χ4n) is 10.4.